The molecule has 0 aliphatic heterocycles. The van der Waals surface area contributed by atoms with Gasteiger partial charge in [0.15, 0.2) is 23.1 Å². The summed E-state index contributed by atoms with van der Waals surface area (Å²) in [5, 5.41) is 9.52. The van der Waals surface area contributed by atoms with Crippen LogP contribution < -0.4 is 9.47 Å². The van der Waals surface area contributed by atoms with Crippen LogP contribution in [0.5, 0.6) is 11.5 Å². The molecular weight excluding hydrogens is 278 g/mol. The third-order valence-corrected chi connectivity index (χ3v) is 3.08. The summed E-state index contributed by atoms with van der Waals surface area (Å²) < 4.78 is 37.3. The number of benzene rings is 2. The summed E-state index contributed by atoms with van der Waals surface area (Å²) in [5.74, 6) is -1.01. The Bertz CT molecular complexity index is 627. The number of methoxy groups -OCH3 is 1. The molecule has 0 amide bonds. The summed E-state index contributed by atoms with van der Waals surface area (Å²) in [6, 6.07) is 8.88. The number of rotatable bonds is 5. The Morgan fingerprint density at radius 1 is 1.14 bits per heavy atom. The minimum atomic E-state index is -0.919. The normalized spacial score (nSPS) is 12.0. The van der Waals surface area contributed by atoms with E-state index in [4.69, 9.17) is 9.47 Å². The van der Waals surface area contributed by atoms with Crippen LogP contribution in [0.3, 0.4) is 0 Å². The Balaban J connectivity index is 2.18. The lowest BCUT2D eigenvalue weighted by Crippen LogP contribution is -2.02. The molecule has 0 fully saturated rings. The van der Waals surface area contributed by atoms with Crippen molar-refractivity contribution in [3.8, 4) is 11.5 Å². The van der Waals surface area contributed by atoms with E-state index in [-0.39, 0.29) is 12.2 Å². The maximum Gasteiger partial charge on any atom is 0.165 e. The van der Waals surface area contributed by atoms with Gasteiger partial charge in [-0.15, -0.1) is 0 Å². The molecule has 0 spiro atoms. The first kappa shape index (κ1) is 15.3. The molecule has 0 unspecified atom stereocenters. The predicted octanol–water partition coefficient (Wildman–Crippen LogP) is 3.61. The van der Waals surface area contributed by atoms with Crippen LogP contribution >= 0.6 is 0 Å². The zero-order valence-corrected chi connectivity index (χ0v) is 11.8. The molecule has 112 valence electrons. The molecule has 0 aliphatic rings. The van der Waals surface area contributed by atoms with E-state index in [1.807, 2.05) is 0 Å². The van der Waals surface area contributed by atoms with Gasteiger partial charge >= 0.3 is 0 Å². The molecule has 0 saturated heterocycles. The maximum absolute atomic E-state index is 13.5. The van der Waals surface area contributed by atoms with Crippen molar-refractivity contribution in [1.29, 1.82) is 0 Å². The van der Waals surface area contributed by atoms with Crippen LogP contribution in [-0.2, 0) is 6.61 Å². The average molecular weight is 294 g/mol. The molecule has 0 aromatic heterocycles. The summed E-state index contributed by atoms with van der Waals surface area (Å²) in [5.41, 5.74) is 0.799. The summed E-state index contributed by atoms with van der Waals surface area (Å²) in [7, 11) is 1.47. The molecule has 0 aliphatic carbocycles. The number of aliphatic hydroxyl groups excluding tert-OH is 1. The molecule has 1 atom stereocenters. The highest BCUT2D eigenvalue weighted by molar-refractivity contribution is 5.43. The molecular formula is C16H16F2O3. The van der Waals surface area contributed by atoms with Crippen LogP contribution in [0.15, 0.2) is 36.4 Å². The van der Waals surface area contributed by atoms with Gasteiger partial charge in [-0.1, -0.05) is 18.2 Å². The molecule has 1 N–H and O–H groups in total. The zero-order chi connectivity index (χ0) is 15.4. The van der Waals surface area contributed by atoms with Crippen molar-refractivity contribution in [2.45, 2.75) is 19.6 Å². The Morgan fingerprint density at radius 2 is 1.90 bits per heavy atom. The first-order chi connectivity index (χ1) is 10.0. The quantitative estimate of drug-likeness (QED) is 0.915. The van der Waals surface area contributed by atoms with E-state index in [1.54, 1.807) is 25.1 Å². The molecule has 2 aromatic rings. The third-order valence-electron chi connectivity index (χ3n) is 3.08. The molecule has 2 rings (SSSR count). The number of halogens is 2. The minimum Gasteiger partial charge on any atom is -0.493 e. The standard InChI is InChI=1S/C16H16F2O3/c1-10(19)11-6-7-14(15(8-11)20-2)21-9-12-4-3-5-13(17)16(12)18/h3-8,10,19H,9H2,1-2H3/t10-/m0/s1. The van der Waals surface area contributed by atoms with E-state index in [0.717, 1.165) is 6.07 Å². The fraction of sp³-hybridized carbons (Fsp3) is 0.250. The van der Waals surface area contributed by atoms with E-state index in [9.17, 15) is 13.9 Å². The van der Waals surface area contributed by atoms with Crippen LogP contribution in [-0.4, -0.2) is 12.2 Å². The van der Waals surface area contributed by atoms with Gasteiger partial charge in [0.05, 0.1) is 13.2 Å². The summed E-state index contributed by atoms with van der Waals surface area (Å²) >= 11 is 0. The van der Waals surface area contributed by atoms with Gasteiger partial charge < -0.3 is 14.6 Å². The molecule has 3 nitrogen and oxygen atoms in total. The Labute approximate surface area is 121 Å². The largest absolute Gasteiger partial charge is 0.493 e. The lowest BCUT2D eigenvalue weighted by molar-refractivity contribution is 0.198. The van der Waals surface area contributed by atoms with Gasteiger partial charge in [-0.3, -0.25) is 0 Å². The van der Waals surface area contributed by atoms with Crippen molar-refractivity contribution in [2.24, 2.45) is 0 Å². The Morgan fingerprint density at radius 3 is 2.57 bits per heavy atom. The van der Waals surface area contributed by atoms with E-state index in [1.165, 1.54) is 19.2 Å². The zero-order valence-electron chi connectivity index (χ0n) is 11.8. The van der Waals surface area contributed by atoms with Crippen LogP contribution in [0.25, 0.3) is 0 Å². The fourth-order valence-electron chi connectivity index (χ4n) is 1.88. The van der Waals surface area contributed by atoms with Crippen molar-refractivity contribution < 1.29 is 23.4 Å². The monoisotopic (exact) mass is 294 g/mol. The van der Waals surface area contributed by atoms with Gasteiger partial charge in [0.1, 0.15) is 6.61 Å². The summed E-state index contributed by atoms with van der Waals surface area (Å²) in [6.07, 6.45) is -0.631. The highest BCUT2D eigenvalue weighted by Gasteiger charge is 2.11. The fourth-order valence-corrected chi connectivity index (χ4v) is 1.88. The van der Waals surface area contributed by atoms with Gasteiger partial charge in [0.25, 0.3) is 0 Å². The number of hydrogen-bond acceptors (Lipinski definition) is 3. The molecule has 0 saturated carbocycles. The number of aliphatic hydroxyl groups is 1. The Hall–Kier alpha value is -2.14. The van der Waals surface area contributed by atoms with Crippen molar-refractivity contribution in [3.63, 3.8) is 0 Å². The van der Waals surface area contributed by atoms with Gasteiger partial charge in [-0.25, -0.2) is 8.78 Å². The molecule has 5 heteroatoms. The molecule has 21 heavy (non-hydrogen) atoms. The highest BCUT2D eigenvalue weighted by Crippen LogP contribution is 2.31. The van der Waals surface area contributed by atoms with Gasteiger partial charge in [0, 0.05) is 5.56 Å². The lowest BCUT2D eigenvalue weighted by Gasteiger charge is -2.13. The summed E-state index contributed by atoms with van der Waals surface area (Å²) in [4.78, 5) is 0. The molecule has 0 radical (unpaired) electrons. The average Bonchev–Trinajstić information content (AvgIpc) is 2.48. The highest BCUT2D eigenvalue weighted by atomic mass is 19.2. The second-order valence-corrected chi connectivity index (χ2v) is 4.59. The van der Waals surface area contributed by atoms with Crippen molar-refractivity contribution in [2.75, 3.05) is 7.11 Å². The first-order valence-corrected chi connectivity index (χ1v) is 6.44. The second kappa shape index (κ2) is 6.54. The maximum atomic E-state index is 13.5. The third kappa shape index (κ3) is 3.49. The van der Waals surface area contributed by atoms with Crippen LogP contribution in [0.2, 0.25) is 0 Å². The van der Waals surface area contributed by atoms with Gasteiger partial charge in [-0.05, 0) is 30.7 Å². The Kier molecular flexibility index (Phi) is 4.75. The topological polar surface area (TPSA) is 38.7 Å². The minimum absolute atomic E-state index is 0.117. The summed E-state index contributed by atoms with van der Waals surface area (Å²) in [6.45, 7) is 1.52. The van der Waals surface area contributed by atoms with Crippen LogP contribution in [0.1, 0.15) is 24.2 Å². The molecule has 0 heterocycles. The number of ether oxygens (including phenoxy) is 2. The van der Waals surface area contributed by atoms with Crippen LogP contribution in [0, 0.1) is 11.6 Å². The van der Waals surface area contributed by atoms with Crippen molar-refractivity contribution >= 4 is 0 Å². The number of hydrogen-bond donors (Lipinski definition) is 1. The van der Waals surface area contributed by atoms with Crippen molar-refractivity contribution in [1.82, 2.24) is 0 Å². The lowest BCUT2D eigenvalue weighted by atomic mass is 10.1. The first-order valence-electron chi connectivity index (χ1n) is 6.44. The van der Waals surface area contributed by atoms with E-state index in [0.29, 0.717) is 17.1 Å². The molecule has 0 bridgehead atoms. The van der Waals surface area contributed by atoms with E-state index in [2.05, 4.69) is 0 Å². The molecule has 2 aromatic carbocycles. The second-order valence-electron chi connectivity index (χ2n) is 4.59. The predicted molar refractivity (Wildman–Crippen MR) is 74.3 cm³/mol. The SMILES string of the molecule is COc1cc([C@H](C)O)ccc1OCc1cccc(F)c1F. The van der Waals surface area contributed by atoms with Gasteiger partial charge in [-0.2, -0.15) is 0 Å². The smallest absolute Gasteiger partial charge is 0.165 e. The van der Waals surface area contributed by atoms with E-state index >= 15 is 0 Å². The van der Waals surface area contributed by atoms with Gasteiger partial charge in [0.2, 0.25) is 0 Å². The van der Waals surface area contributed by atoms with Crippen molar-refractivity contribution in [3.05, 3.63) is 59.2 Å². The van der Waals surface area contributed by atoms with E-state index < -0.39 is 17.7 Å². The van der Waals surface area contributed by atoms with Crippen LogP contribution in [0.4, 0.5) is 8.78 Å².